The van der Waals surface area contributed by atoms with E-state index in [2.05, 4.69) is 10.6 Å². The number of nitrogens with one attached hydrogen (secondary N) is 2. The molecule has 0 radical (unpaired) electrons. The Morgan fingerprint density at radius 1 is 0.964 bits per heavy atom. The zero-order valence-electron chi connectivity index (χ0n) is 15.4. The van der Waals surface area contributed by atoms with Gasteiger partial charge in [0.15, 0.2) is 0 Å². The Balaban J connectivity index is 1.69. The minimum Gasteiger partial charge on any atom is -0.339 e. The number of hydrogen-bond acceptors (Lipinski definition) is 3. The Morgan fingerprint density at radius 2 is 1.57 bits per heavy atom. The number of fused-ring (bicyclic) bond motifs is 1. The highest BCUT2D eigenvalue weighted by atomic mass is 32.2. The van der Waals surface area contributed by atoms with Gasteiger partial charge in [-0.05, 0) is 36.2 Å². The molecule has 1 heterocycles. The van der Waals surface area contributed by atoms with Crippen LogP contribution in [0.25, 0.3) is 0 Å². The third kappa shape index (κ3) is 3.53. The van der Waals surface area contributed by atoms with Crippen LogP contribution in [-0.4, -0.2) is 17.6 Å². The first-order valence-corrected chi connectivity index (χ1v) is 10.0. The molecule has 3 aromatic rings. The monoisotopic (exact) mass is 388 g/mol. The highest BCUT2D eigenvalue weighted by Gasteiger charge is 2.31. The lowest BCUT2D eigenvalue weighted by atomic mass is 9.84. The van der Waals surface area contributed by atoms with Crippen LogP contribution >= 0.6 is 11.8 Å². The topological polar surface area (TPSA) is 58.2 Å². The second kappa shape index (κ2) is 7.52. The first-order chi connectivity index (χ1) is 13.6. The number of benzene rings is 3. The quantitative estimate of drug-likeness (QED) is 0.695. The van der Waals surface area contributed by atoms with Gasteiger partial charge in [0, 0.05) is 10.5 Å². The van der Waals surface area contributed by atoms with E-state index in [1.54, 1.807) is 12.1 Å². The minimum absolute atomic E-state index is 0.0477. The molecule has 0 saturated carbocycles. The van der Waals surface area contributed by atoms with Gasteiger partial charge >= 0.3 is 0 Å². The van der Waals surface area contributed by atoms with Crippen LogP contribution in [0, 0.1) is 0 Å². The maximum absolute atomic E-state index is 13.1. The van der Waals surface area contributed by atoms with Gasteiger partial charge in [-0.1, -0.05) is 60.7 Å². The average molecular weight is 388 g/mol. The SMILES string of the molecule is CC(NC(=O)c1ccc2c(c1)NC(=O)CS2)(c1ccccc1)c1ccccc1. The van der Waals surface area contributed by atoms with E-state index in [-0.39, 0.29) is 11.8 Å². The summed E-state index contributed by atoms with van der Waals surface area (Å²) in [5.41, 5.74) is 2.51. The molecule has 0 saturated heterocycles. The highest BCUT2D eigenvalue weighted by molar-refractivity contribution is 8.00. The van der Waals surface area contributed by atoms with Crippen molar-refractivity contribution < 1.29 is 9.59 Å². The third-order valence-electron chi connectivity index (χ3n) is 4.94. The van der Waals surface area contributed by atoms with Gasteiger partial charge < -0.3 is 10.6 Å². The summed E-state index contributed by atoms with van der Waals surface area (Å²) < 4.78 is 0. The van der Waals surface area contributed by atoms with Crippen molar-refractivity contribution in [3.63, 3.8) is 0 Å². The van der Waals surface area contributed by atoms with Gasteiger partial charge in [-0.2, -0.15) is 0 Å². The highest BCUT2D eigenvalue weighted by Crippen LogP contribution is 2.33. The second-order valence-corrected chi connectivity index (χ2v) is 7.88. The molecule has 4 nitrogen and oxygen atoms in total. The fourth-order valence-corrected chi connectivity index (χ4v) is 4.17. The number of rotatable bonds is 4. The third-order valence-corrected chi connectivity index (χ3v) is 6.01. The van der Waals surface area contributed by atoms with E-state index in [1.165, 1.54) is 11.8 Å². The van der Waals surface area contributed by atoms with Crippen LogP contribution < -0.4 is 10.6 Å². The van der Waals surface area contributed by atoms with Crippen LogP contribution in [0.5, 0.6) is 0 Å². The fraction of sp³-hybridized carbons (Fsp3) is 0.130. The standard InChI is InChI=1S/C23H20N2O2S/c1-23(17-8-4-2-5-9-17,18-10-6-3-7-11-18)25-22(27)16-12-13-20-19(14-16)24-21(26)15-28-20/h2-14H,15H2,1H3,(H,24,26)(H,25,27). The molecule has 1 aliphatic heterocycles. The van der Waals surface area contributed by atoms with Crippen LogP contribution in [0.15, 0.2) is 83.8 Å². The van der Waals surface area contributed by atoms with Crippen molar-refractivity contribution in [2.75, 3.05) is 11.1 Å². The van der Waals surface area contributed by atoms with Crippen LogP contribution in [0.2, 0.25) is 0 Å². The number of carbonyl (C=O) groups is 2. The lowest BCUT2D eigenvalue weighted by molar-refractivity contribution is -0.113. The molecule has 0 aromatic heterocycles. The van der Waals surface area contributed by atoms with Crippen LogP contribution in [-0.2, 0) is 10.3 Å². The van der Waals surface area contributed by atoms with Gasteiger partial charge in [-0.3, -0.25) is 9.59 Å². The molecule has 140 valence electrons. The van der Waals surface area contributed by atoms with Gasteiger partial charge in [0.25, 0.3) is 5.91 Å². The minimum atomic E-state index is -0.687. The van der Waals surface area contributed by atoms with Gasteiger partial charge in [0.2, 0.25) is 5.91 Å². The van der Waals surface area contributed by atoms with Gasteiger partial charge in [-0.15, -0.1) is 11.8 Å². The van der Waals surface area contributed by atoms with E-state index in [9.17, 15) is 9.59 Å². The number of amides is 2. The summed E-state index contributed by atoms with van der Waals surface area (Å²) in [6, 6.07) is 25.3. The first-order valence-electron chi connectivity index (χ1n) is 9.06. The molecule has 1 aliphatic rings. The Labute approximate surface area is 168 Å². The average Bonchev–Trinajstić information content (AvgIpc) is 2.74. The van der Waals surface area contributed by atoms with Gasteiger partial charge in [-0.25, -0.2) is 0 Å². The Bertz CT molecular complexity index is 980. The maximum Gasteiger partial charge on any atom is 0.252 e. The summed E-state index contributed by atoms with van der Waals surface area (Å²) in [7, 11) is 0. The summed E-state index contributed by atoms with van der Waals surface area (Å²) in [6.45, 7) is 2.01. The molecule has 5 heteroatoms. The van der Waals surface area contributed by atoms with Crippen LogP contribution in [0.1, 0.15) is 28.4 Å². The van der Waals surface area contributed by atoms with Crippen molar-refractivity contribution >= 4 is 29.3 Å². The van der Waals surface area contributed by atoms with E-state index in [0.29, 0.717) is 17.0 Å². The normalized spacial score (nSPS) is 13.4. The predicted molar refractivity (Wildman–Crippen MR) is 113 cm³/mol. The molecule has 0 atom stereocenters. The molecule has 0 aliphatic carbocycles. The molecule has 0 unspecified atom stereocenters. The van der Waals surface area contributed by atoms with Crippen molar-refractivity contribution in [1.82, 2.24) is 5.32 Å². The number of hydrogen-bond donors (Lipinski definition) is 2. The summed E-state index contributed by atoms with van der Waals surface area (Å²) in [5.74, 6) is 0.162. The zero-order chi connectivity index (χ0) is 19.6. The van der Waals surface area contributed by atoms with E-state index in [1.807, 2.05) is 73.7 Å². The molecule has 0 spiro atoms. The van der Waals surface area contributed by atoms with Crippen LogP contribution in [0.3, 0.4) is 0 Å². The summed E-state index contributed by atoms with van der Waals surface area (Å²) in [6.07, 6.45) is 0. The van der Waals surface area contributed by atoms with E-state index < -0.39 is 5.54 Å². The largest absolute Gasteiger partial charge is 0.339 e. The van der Waals surface area contributed by atoms with Gasteiger partial charge in [0.05, 0.1) is 17.0 Å². The van der Waals surface area contributed by atoms with Crippen molar-refractivity contribution in [2.45, 2.75) is 17.4 Å². The molecule has 0 bridgehead atoms. The molecular weight excluding hydrogens is 368 g/mol. The Hall–Kier alpha value is -3.05. The Kier molecular flexibility index (Phi) is 4.92. The zero-order valence-corrected chi connectivity index (χ0v) is 16.3. The van der Waals surface area contributed by atoms with Gasteiger partial charge in [0.1, 0.15) is 0 Å². The van der Waals surface area contributed by atoms with Crippen molar-refractivity contribution in [3.8, 4) is 0 Å². The lowest BCUT2D eigenvalue weighted by Crippen LogP contribution is -2.44. The Morgan fingerprint density at radius 3 is 2.18 bits per heavy atom. The fourth-order valence-electron chi connectivity index (χ4n) is 3.38. The first kappa shape index (κ1) is 18.3. The summed E-state index contributed by atoms with van der Waals surface area (Å²) in [4.78, 5) is 25.8. The summed E-state index contributed by atoms with van der Waals surface area (Å²) >= 11 is 1.48. The molecule has 3 aromatic carbocycles. The van der Waals surface area contributed by atoms with Crippen molar-refractivity contribution in [1.29, 1.82) is 0 Å². The van der Waals surface area contributed by atoms with E-state index in [0.717, 1.165) is 16.0 Å². The lowest BCUT2D eigenvalue weighted by Gasteiger charge is -2.32. The van der Waals surface area contributed by atoms with Crippen molar-refractivity contribution in [3.05, 3.63) is 95.6 Å². The molecule has 28 heavy (non-hydrogen) atoms. The summed E-state index contributed by atoms with van der Waals surface area (Å²) in [5, 5.41) is 6.04. The van der Waals surface area contributed by atoms with Crippen molar-refractivity contribution in [2.24, 2.45) is 0 Å². The molecule has 4 rings (SSSR count). The number of anilines is 1. The van der Waals surface area contributed by atoms with E-state index in [4.69, 9.17) is 0 Å². The molecule has 2 amide bonds. The van der Waals surface area contributed by atoms with E-state index >= 15 is 0 Å². The molecule has 0 fully saturated rings. The van der Waals surface area contributed by atoms with Crippen LogP contribution in [0.4, 0.5) is 5.69 Å². The maximum atomic E-state index is 13.1. The predicted octanol–water partition coefficient (Wildman–Crippen LogP) is 4.42. The number of thioether (sulfide) groups is 1. The molecular formula is C23H20N2O2S. The smallest absolute Gasteiger partial charge is 0.252 e. The molecule has 2 N–H and O–H groups in total. The number of carbonyl (C=O) groups excluding carboxylic acids is 2. The second-order valence-electron chi connectivity index (χ2n) is 6.86.